The van der Waals surface area contributed by atoms with Crippen LogP contribution in [0.4, 0.5) is 5.69 Å². The summed E-state index contributed by atoms with van der Waals surface area (Å²) in [6.07, 6.45) is 0.568. The number of piperazine rings is 1. The van der Waals surface area contributed by atoms with E-state index in [-0.39, 0.29) is 5.91 Å². The molecule has 0 atom stereocenters. The molecule has 18 heavy (non-hydrogen) atoms. The fraction of sp³-hybridized carbons (Fsp3) is 0.500. The zero-order chi connectivity index (χ0) is 12.8. The minimum absolute atomic E-state index is 0.256. The largest absolute Gasteiger partial charge is 0.385 e. The van der Waals surface area contributed by atoms with Crippen LogP contribution >= 0.6 is 0 Å². The Hall–Kier alpha value is -1.55. The van der Waals surface area contributed by atoms with Crippen molar-refractivity contribution in [3.05, 3.63) is 30.3 Å². The third-order valence-electron chi connectivity index (χ3n) is 3.30. The maximum Gasteiger partial charge on any atom is 0.224 e. The molecule has 4 nitrogen and oxygen atoms in total. The third-order valence-corrected chi connectivity index (χ3v) is 3.30. The predicted molar refractivity (Wildman–Crippen MR) is 73.6 cm³/mol. The highest BCUT2D eigenvalue weighted by molar-refractivity contribution is 5.76. The van der Waals surface area contributed by atoms with Gasteiger partial charge in [-0.05, 0) is 19.2 Å². The van der Waals surface area contributed by atoms with Gasteiger partial charge in [-0.25, -0.2) is 0 Å². The van der Waals surface area contributed by atoms with Gasteiger partial charge in [0.25, 0.3) is 0 Å². The fourth-order valence-corrected chi connectivity index (χ4v) is 2.08. The Bertz CT molecular complexity index is 372. The van der Waals surface area contributed by atoms with Crippen LogP contribution in [-0.4, -0.2) is 55.5 Å². The van der Waals surface area contributed by atoms with Gasteiger partial charge in [0.2, 0.25) is 5.91 Å². The molecular weight excluding hydrogens is 226 g/mol. The summed E-state index contributed by atoms with van der Waals surface area (Å²) in [4.78, 5) is 16.2. The number of benzene rings is 1. The average molecular weight is 247 g/mol. The van der Waals surface area contributed by atoms with E-state index in [4.69, 9.17) is 0 Å². The van der Waals surface area contributed by atoms with Gasteiger partial charge >= 0.3 is 0 Å². The van der Waals surface area contributed by atoms with Gasteiger partial charge in [0, 0.05) is 44.8 Å². The maximum absolute atomic E-state index is 12.0. The number of anilines is 1. The number of carbonyl (C=O) groups excluding carboxylic acids is 1. The van der Waals surface area contributed by atoms with Crippen LogP contribution in [-0.2, 0) is 4.79 Å². The number of carbonyl (C=O) groups is 1. The van der Waals surface area contributed by atoms with Crippen molar-refractivity contribution < 1.29 is 4.79 Å². The molecule has 0 aliphatic carbocycles. The Morgan fingerprint density at radius 2 is 1.83 bits per heavy atom. The molecule has 1 amide bonds. The Morgan fingerprint density at radius 1 is 1.17 bits per heavy atom. The van der Waals surface area contributed by atoms with Crippen LogP contribution in [0.1, 0.15) is 6.42 Å². The fourth-order valence-electron chi connectivity index (χ4n) is 2.08. The SMILES string of the molecule is CN1CCN(C(=O)CCNc2ccccc2)CC1. The number of hydrogen-bond acceptors (Lipinski definition) is 3. The molecule has 0 aromatic heterocycles. The van der Waals surface area contributed by atoms with Crippen molar-refractivity contribution >= 4 is 11.6 Å². The summed E-state index contributed by atoms with van der Waals surface area (Å²) in [6.45, 7) is 4.40. The molecule has 0 radical (unpaired) electrons. The minimum atomic E-state index is 0.256. The molecule has 0 spiro atoms. The van der Waals surface area contributed by atoms with E-state index in [1.165, 1.54) is 0 Å². The van der Waals surface area contributed by atoms with E-state index in [1.807, 2.05) is 35.2 Å². The topological polar surface area (TPSA) is 35.6 Å². The third kappa shape index (κ3) is 3.74. The summed E-state index contributed by atoms with van der Waals surface area (Å²) in [5, 5.41) is 3.27. The number of hydrogen-bond donors (Lipinski definition) is 1. The smallest absolute Gasteiger partial charge is 0.224 e. The molecule has 0 unspecified atom stereocenters. The summed E-state index contributed by atoms with van der Waals surface area (Å²) < 4.78 is 0. The molecule has 1 heterocycles. The number of rotatable bonds is 4. The van der Waals surface area contributed by atoms with Gasteiger partial charge in [-0.2, -0.15) is 0 Å². The molecular formula is C14H21N3O. The van der Waals surface area contributed by atoms with Crippen LogP contribution in [0.2, 0.25) is 0 Å². The quantitative estimate of drug-likeness (QED) is 0.870. The van der Waals surface area contributed by atoms with Crippen molar-refractivity contribution in [2.75, 3.05) is 45.1 Å². The van der Waals surface area contributed by atoms with Gasteiger partial charge in [-0.15, -0.1) is 0 Å². The van der Waals surface area contributed by atoms with Crippen LogP contribution in [0.15, 0.2) is 30.3 Å². The van der Waals surface area contributed by atoms with E-state index in [1.54, 1.807) is 0 Å². The first kappa shape index (κ1) is 12.9. The summed E-state index contributed by atoms with van der Waals surface area (Å²) in [6, 6.07) is 10.00. The molecule has 4 heteroatoms. The van der Waals surface area contributed by atoms with E-state index in [9.17, 15) is 4.79 Å². The van der Waals surface area contributed by atoms with Crippen molar-refractivity contribution in [3.63, 3.8) is 0 Å². The summed E-state index contributed by atoms with van der Waals surface area (Å²) in [5.41, 5.74) is 1.07. The first-order valence-corrected chi connectivity index (χ1v) is 6.51. The van der Waals surface area contributed by atoms with Gasteiger partial charge in [-0.1, -0.05) is 18.2 Å². The maximum atomic E-state index is 12.0. The van der Waals surface area contributed by atoms with Crippen molar-refractivity contribution in [2.45, 2.75) is 6.42 Å². The predicted octanol–water partition coefficient (Wildman–Crippen LogP) is 1.26. The second-order valence-corrected chi connectivity index (χ2v) is 4.73. The molecule has 1 aliphatic rings. The molecule has 1 N–H and O–H groups in total. The Kier molecular flexibility index (Phi) is 4.59. The summed E-state index contributed by atoms with van der Waals surface area (Å²) in [7, 11) is 2.10. The number of likely N-dealkylation sites (N-methyl/N-ethyl adjacent to an activating group) is 1. The van der Waals surface area contributed by atoms with Gasteiger partial charge in [0.15, 0.2) is 0 Å². The number of amides is 1. The Balaban J connectivity index is 1.69. The Labute approximate surface area is 109 Å². The lowest BCUT2D eigenvalue weighted by Crippen LogP contribution is -2.47. The second kappa shape index (κ2) is 6.40. The van der Waals surface area contributed by atoms with Crippen LogP contribution in [0.3, 0.4) is 0 Å². The zero-order valence-electron chi connectivity index (χ0n) is 10.9. The van der Waals surface area contributed by atoms with Crippen LogP contribution in [0.25, 0.3) is 0 Å². The molecule has 1 aliphatic heterocycles. The van der Waals surface area contributed by atoms with Gasteiger partial charge in [-0.3, -0.25) is 4.79 Å². The van der Waals surface area contributed by atoms with Crippen molar-refractivity contribution in [1.82, 2.24) is 9.80 Å². The molecule has 98 valence electrons. The zero-order valence-corrected chi connectivity index (χ0v) is 10.9. The second-order valence-electron chi connectivity index (χ2n) is 4.73. The lowest BCUT2D eigenvalue weighted by Gasteiger charge is -2.32. The van der Waals surface area contributed by atoms with Gasteiger partial charge < -0.3 is 15.1 Å². The number of para-hydroxylation sites is 1. The lowest BCUT2D eigenvalue weighted by atomic mass is 10.2. The summed E-state index contributed by atoms with van der Waals surface area (Å²) >= 11 is 0. The highest BCUT2D eigenvalue weighted by Crippen LogP contribution is 2.06. The van der Waals surface area contributed by atoms with Crippen LogP contribution in [0.5, 0.6) is 0 Å². The number of nitrogens with one attached hydrogen (secondary N) is 1. The standard InChI is InChI=1S/C14H21N3O/c1-16-9-11-17(12-10-16)14(18)7-8-15-13-5-3-2-4-6-13/h2-6,15H,7-12H2,1H3. The minimum Gasteiger partial charge on any atom is -0.385 e. The molecule has 0 bridgehead atoms. The van der Waals surface area contributed by atoms with Gasteiger partial charge in [0.1, 0.15) is 0 Å². The van der Waals surface area contributed by atoms with E-state index < -0.39 is 0 Å². The first-order chi connectivity index (χ1) is 8.75. The first-order valence-electron chi connectivity index (χ1n) is 6.51. The normalized spacial score (nSPS) is 16.6. The summed E-state index contributed by atoms with van der Waals surface area (Å²) in [5.74, 6) is 0.256. The number of nitrogens with zero attached hydrogens (tertiary/aromatic N) is 2. The molecule has 1 saturated heterocycles. The van der Waals surface area contributed by atoms with Crippen molar-refractivity contribution in [3.8, 4) is 0 Å². The van der Waals surface area contributed by atoms with E-state index in [0.717, 1.165) is 31.9 Å². The van der Waals surface area contributed by atoms with E-state index in [0.29, 0.717) is 13.0 Å². The van der Waals surface area contributed by atoms with Crippen LogP contribution < -0.4 is 5.32 Å². The molecule has 1 aromatic carbocycles. The van der Waals surface area contributed by atoms with Gasteiger partial charge in [0.05, 0.1) is 0 Å². The monoisotopic (exact) mass is 247 g/mol. The van der Waals surface area contributed by atoms with Crippen molar-refractivity contribution in [2.24, 2.45) is 0 Å². The molecule has 1 aromatic rings. The molecule has 2 rings (SSSR count). The highest BCUT2D eigenvalue weighted by atomic mass is 16.2. The lowest BCUT2D eigenvalue weighted by molar-refractivity contribution is -0.132. The molecule has 0 saturated carbocycles. The highest BCUT2D eigenvalue weighted by Gasteiger charge is 2.18. The Morgan fingerprint density at radius 3 is 2.50 bits per heavy atom. The van der Waals surface area contributed by atoms with Crippen LogP contribution in [0, 0.1) is 0 Å². The van der Waals surface area contributed by atoms with E-state index >= 15 is 0 Å². The molecule has 1 fully saturated rings. The average Bonchev–Trinajstić information content (AvgIpc) is 2.40. The van der Waals surface area contributed by atoms with Crippen molar-refractivity contribution in [1.29, 1.82) is 0 Å². The van der Waals surface area contributed by atoms with E-state index in [2.05, 4.69) is 17.3 Å².